The Morgan fingerprint density at radius 1 is 0.750 bits per heavy atom. The second kappa shape index (κ2) is 8.79. The van der Waals surface area contributed by atoms with Gasteiger partial charge < -0.3 is 0 Å². The summed E-state index contributed by atoms with van der Waals surface area (Å²) in [6.07, 6.45) is 15.5. The lowest BCUT2D eigenvalue weighted by Gasteiger charge is -2.51. The molecule has 3 aliphatic carbocycles. The second-order valence-corrected chi connectivity index (χ2v) is 9.98. The molecule has 3 heteroatoms. The molecule has 4 rings (SSSR count). The van der Waals surface area contributed by atoms with Crippen molar-refractivity contribution in [1.82, 2.24) is 0 Å². The molecule has 1 aromatic carbocycles. The summed E-state index contributed by atoms with van der Waals surface area (Å²) in [7, 11) is 0. The van der Waals surface area contributed by atoms with Crippen molar-refractivity contribution in [1.29, 1.82) is 0 Å². The first-order valence-electron chi connectivity index (χ1n) is 11.7. The van der Waals surface area contributed by atoms with Crippen LogP contribution in [0, 0.1) is 53.0 Å². The summed E-state index contributed by atoms with van der Waals surface area (Å²) in [5.74, 6) is 1.91. The highest BCUT2D eigenvalue weighted by Crippen LogP contribution is 2.54. The van der Waals surface area contributed by atoms with Gasteiger partial charge in [-0.15, -0.1) is 0 Å². The highest BCUT2D eigenvalue weighted by atomic mass is 19.2. The molecule has 28 heavy (non-hydrogen) atoms. The number of halogens is 3. The monoisotopic (exact) mass is 392 g/mol. The Morgan fingerprint density at radius 3 is 1.82 bits per heavy atom. The normalized spacial score (nSPS) is 35.3. The molecule has 0 aromatic heterocycles. The maximum Gasteiger partial charge on any atom is 0.194 e. The lowest BCUT2D eigenvalue weighted by atomic mass is 9.55. The first-order valence-corrected chi connectivity index (χ1v) is 11.7. The Kier molecular flexibility index (Phi) is 6.37. The van der Waals surface area contributed by atoms with Gasteiger partial charge in [0.1, 0.15) is 0 Å². The van der Waals surface area contributed by atoms with Crippen molar-refractivity contribution < 1.29 is 13.2 Å². The predicted octanol–water partition coefficient (Wildman–Crippen LogP) is 7.70. The van der Waals surface area contributed by atoms with Crippen LogP contribution in [0.3, 0.4) is 0 Å². The average Bonchev–Trinajstić information content (AvgIpc) is 2.70. The molecule has 0 radical (unpaired) electrons. The van der Waals surface area contributed by atoms with Gasteiger partial charge in [-0.3, -0.25) is 0 Å². The van der Waals surface area contributed by atoms with Gasteiger partial charge >= 0.3 is 0 Å². The van der Waals surface area contributed by atoms with E-state index in [1.54, 1.807) is 0 Å². The zero-order valence-electron chi connectivity index (χ0n) is 17.2. The van der Waals surface area contributed by atoms with Crippen molar-refractivity contribution in [3.05, 3.63) is 35.1 Å². The fourth-order valence-corrected chi connectivity index (χ4v) is 7.04. The van der Waals surface area contributed by atoms with Crippen molar-refractivity contribution in [2.75, 3.05) is 0 Å². The molecule has 2 unspecified atom stereocenters. The summed E-state index contributed by atoms with van der Waals surface area (Å²) in [6.45, 7) is 2.32. The molecule has 0 bridgehead atoms. The molecule has 0 heterocycles. The summed E-state index contributed by atoms with van der Waals surface area (Å²) in [5.41, 5.74) is 0.594. The van der Waals surface area contributed by atoms with E-state index in [9.17, 15) is 13.2 Å². The van der Waals surface area contributed by atoms with Crippen LogP contribution in [-0.2, 0) is 6.42 Å². The molecule has 1 aromatic rings. The number of hydrogen-bond donors (Lipinski definition) is 0. The maximum atomic E-state index is 13.4. The molecule has 0 amide bonds. The highest BCUT2D eigenvalue weighted by molar-refractivity contribution is 5.19. The Bertz CT molecular complexity index is 647. The summed E-state index contributed by atoms with van der Waals surface area (Å²) in [5, 5.41) is 0. The van der Waals surface area contributed by atoms with Crippen LogP contribution in [0.1, 0.15) is 83.1 Å². The molecule has 6 atom stereocenters. The minimum Gasteiger partial charge on any atom is -0.204 e. The van der Waals surface area contributed by atoms with Gasteiger partial charge in [-0.25, -0.2) is 13.2 Å². The van der Waals surface area contributed by atoms with E-state index in [1.165, 1.54) is 76.3 Å². The molecule has 0 spiro atoms. The number of benzene rings is 1. The number of rotatable bonds is 5. The number of aryl methyl sites for hydroxylation is 1. The van der Waals surface area contributed by atoms with E-state index in [1.807, 2.05) is 0 Å². The van der Waals surface area contributed by atoms with Crippen LogP contribution in [0.25, 0.3) is 0 Å². The largest absolute Gasteiger partial charge is 0.204 e. The molecule has 0 nitrogen and oxygen atoms in total. The third kappa shape index (κ3) is 4.28. The first-order chi connectivity index (χ1) is 13.5. The van der Waals surface area contributed by atoms with E-state index in [-0.39, 0.29) is 0 Å². The summed E-state index contributed by atoms with van der Waals surface area (Å²) >= 11 is 0. The highest BCUT2D eigenvalue weighted by Gasteiger charge is 2.44. The van der Waals surface area contributed by atoms with Gasteiger partial charge in [0.15, 0.2) is 17.5 Å². The van der Waals surface area contributed by atoms with Crippen LogP contribution < -0.4 is 0 Å². The van der Waals surface area contributed by atoms with E-state index >= 15 is 0 Å². The predicted molar refractivity (Wildman–Crippen MR) is 107 cm³/mol. The number of hydrogen-bond acceptors (Lipinski definition) is 0. The van der Waals surface area contributed by atoms with Crippen molar-refractivity contribution in [3.8, 4) is 0 Å². The third-order valence-electron chi connectivity index (χ3n) is 8.34. The lowest BCUT2D eigenvalue weighted by Crippen LogP contribution is -2.41. The average molecular weight is 393 g/mol. The van der Waals surface area contributed by atoms with Gasteiger partial charge in [-0.05, 0) is 105 Å². The van der Waals surface area contributed by atoms with Crippen LogP contribution in [0.2, 0.25) is 0 Å². The van der Waals surface area contributed by atoms with Gasteiger partial charge in [0.05, 0.1) is 0 Å². The van der Waals surface area contributed by atoms with E-state index in [2.05, 4.69) is 6.92 Å². The minimum atomic E-state index is -1.35. The Labute approximate surface area is 168 Å². The molecular formula is C25H35F3. The van der Waals surface area contributed by atoms with Crippen LogP contribution in [-0.4, -0.2) is 0 Å². The van der Waals surface area contributed by atoms with E-state index in [4.69, 9.17) is 0 Å². The molecule has 3 saturated carbocycles. The molecule has 0 aliphatic heterocycles. The molecule has 3 fully saturated rings. The fraction of sp³-hybridized carbons (Fsp3) is 0.760. The zero-order chi connectivity index (χ0) is 19.7. The van der Waals surface area contributed by atoms with E-state index < -0.39 is 17.5 Å². The van der Waals surface area contributed by atoms with Gasteiger partial charge in [0, 0.05) is 0 Å². The van der Waals surface area contributed by atoms with Crippen LogP contribution in [0.5, 0.6) is 0 Å². The summed E-state index contributed by atoms with van der Waals surface area (Å²) in [4.78, 5) is 0. The van der Waals surface area contributed by atoms with Crippen molar-refractivity contribution in [3.63, 3.8) is 0 Å². The molecule has 3 aliphatic rings. The van der Waals surface area contributed by atoms with Crippen molar-refractivity contribution in [2.24, 2.45) is 35.5 Å². The summed E-state index contributed by atoms with van der Waals surface area (Å²) in [6, 6.07) is 2.34. The Hall–Kier alpha value is -0.990. The standard InChI is InChI=1S/C25H35F3/c1-2-3-16-6-10-21-19(12-16)8-9-20-13-17(7-11-22(20)21)4-5-18-14-23(26)25(28)24(27)15-18/h14-17,19-22H,2-13H2,1H3/t16?,17?,19-,20+,21-,22+/m1/s1. The van der Waals surface area contributed by atoms with Crippen molar-refractivity contribution in [2.45, 2.75) is 84.0 Å². The van der Waals surface area contributed by atoms with E-state index in [0.717, 1.165) is 36.0 Å². The molecule has 156 valence electrons. The third-order valence-corrected chi connectivity index (χ3v) is 8.34. The second-order valence-electron chi connectivity index (χ2n) is 9.98. The van der Waals surface area contributed by atoms with Crippen molar-refractivity contribution >= 4 is 0 Å². The fourth-order valence-electron chi connectivity index (χ4n) is 7.04. The van der Waals surface area contributed by atoms with Gasteiger partial charge in [-0.1, -0.05) is 32.6 Å². The maximum absolute atomic E-state index is 13.4. The topological polar surface area (TPSA) is 0 Å². The zero-order valence-corrected chi connectivity index (χ0v) is 17.2. The van der Waals surface area contributed by atoms with Gasteiger partial charge in [0.25, 0.3) is 0 Å². The Balaban J connectivity index is 1.30. The quantitative estimate of drug-likeness (QED) is 0.450. The number of fused-ring (bicyclic) bond motifs is 3. The first kappa shape index (κ1) is 20.3. The molecule has 0 saturated heterocycles. The van der Waals surface area contributed by atoms with E-state index in [0.29, 0.717) is 17.9 Å². The van der Waals surface area contributed by atoms with Gasteiger partial charge in [0.2, 0.25) is 0 Å². The minimum absolute atomic E-state index is 0.594. The van der Waals surface area contributed by atoms with Gasteiger partial charge in [-0.2, -0.15) is 0 Å². The summed E-state index contributed by atoms with van der Waals surface area (Å²) < 4.78 is 40.0. The molecular weight excluding hydrogens is 357 g/mol. The Morgan fingerprint density at radius 2 is 1.29 bits per heavy atom. The van der Waals surface area contributed by atoms with Crippen LogP contribution in [0.15, 0.2) is 12.1 Å². The SMILES string of the molecule is CCCC1CC[C@@H]2[C@H](CC[C@H]3CC(CCc4cc(F)c(F)c(F)c4)CC[C@@H]32)C1. The van der Waals surface area contributed by atoms with Crippen LogP contribution in [0.4, 0.5) is 13.2 Å². The molecule has 0 N–H and O–H groups in total. The van der Waals surface area contributed by atoms with Crippen LogP contribution >= 0.6 is 0 Å². The lowest BCUT2D eigenvalue weighted by molar-refractivity contribution is -0.00405. The smallest absolute Gasteiger partial charge is 0.194 e.